The molecule has 0 aromatic carbocycles. The van der Waals surface area contributed by atoms with Crippen molar-refractivity contribution in [1.29, 1.82) is 0 Å². The molecule has 0 radical (unpaired) electrons. The first kappa shape index (κ1) is 13.1. The van der Waals surface area contributed by atoms with Gasteiger partial charge >= 0.3 is 0 Å². The highest BCUT2D eigenvalue weighted by molar-refractivity contribution is 5.20. The van der Waals surface area contributed by atoms with Crippen LogP contribution >= 0.6 is 0 Å². The van der Waals surface area contributed by atoms with Crippen LogP contribution in [0.4, 0.5) is 0 Å². The molecule has 1 saturated heterocycles. The van der Waals surface area contributed by atoms with Crippen LogP contribution in [-0.2, 0) is 13.6 Å². The van der Waals surface area contributed by atoms with Crippen LogP contribution in [0.15, 0.2) is 17.1 Å². The second kappa shape index (κ2) is 5.14. The molecule has 0 amide bonds. The predicted octanol–water partition coefficient (Wildman–Crippen LogP) is 1.57. The van der Waals surface area contributed by atoms with Crippen LogP contribution < -0.4 is 5.43 Å². The molecule has 1 aromatic rings. The summed E-state index contributed by atoms with van der Waals surface area (Å²) in [7, 11) is 1.87. The number of pyridine rings is 1. The van der Waals surface area contributed by atoms with Crippen LogP contribution in [0.25, 0.3) is 0 Å². The van der Waals surface area contributed by atoms with E-state index in [9.17, 15) is 9.90 Å². The first-order valence-corrected chi connectivity index (χ1v) is 6.56. The van der Waals surface area contributed by atoms with E-state index in [1.807, 2.05) is 11.6 Å². The summed E-state index contributed by atoms with van der Waals surface area (Å²) >= 11 is 0. The summed E-state index contributed by atoms with van der Waals surface area (Å²) in [6, 6.07) is 1.54. The van der Waals surface area contributed by atoms with E-state index < -0.39 is 0 Å². The molecular formula is C14H22N2O2. The molecule has 18 heavy (non-hydrogen) atoms. The van der Waals surface area contributed by atoms with E-state index in [1.54, 1.807) is 6.07 Å². The van der Waals surface area contributed by atoms with Crippen molar-refractivity contribution in [2.75, 3.05) is 13.1 Å². The van der Waals surface area contributed by atoms with Gasteiger partial charge in [0.25, 0.3) is 0 Å². The van der Waals surface area contributed by atoms with E-state index in [-0.39, 0.29) is 11.2 Å². The minimum absolute atomic E-state index is 0.179. The summed E-state index contributed by atoms with van der Waals surface area (Å²) in [5, 5.41) is 9.37. The first-order chi connectivity index (χ1) is 8.45. The van der Waals surface area contributed by atoms with Gasteiger partial charge in [-0.15, -0.1) is 0 Å². The van der Waals surface area contributed by atoms with Gasteiger partial charge in [-0.25, -0.2) is 0 Å². The second-order valence-corrected chi connectivity index (χ2v) is 5.77. The van der Waals surface area contributed by atoms with Crippen LogP contribution in [0.3, 0.4) is 0 Å². The van der Waals surface area contributed by atoms with Crippen molar-refractivity contribution in [3.8, 4) is 5.75 Å². The topological polar surface area (TPSA) is 45.5 Å². The fraction of sp³-hybridized carbons (Fsp3) is 0.643. The smallest absolute Gasteiger partial charge is 0.223 e. The lowest BCUT2D eigenvalue weighted by Crippen LogP contribution is -2.38. The highest BCUT2D eigenvalue weighted by atomic mass is 16.3. The molecule has 2 atom stereocenters. The van der Waals surface area contributed by atoms with Gasteiger partial charge in [0.15, 0.2) is 5.75 Å². The zero-order valence-electron chi connectivity index (χ0n) is 11.4. The van der Waals surface area contributed by atoms with Gasteiger partial charge in [-0.1, -0.05) is 13.8 Å². The van der Waals surface area contributed by atoms with Gasteiger partial charge in [-0.3, -0.25) is 9.69 Å². The van der Waals surface area contributed by atoms with Crippen molar-refractivity contribution in [3.63, 3.8) is 0 Å². The lowest BCUT2D eigenvalue weighted by Gasteiger charge is -2.35. The number of rotatable bonds is 2. The van der Waals surface area contributed by atoms with Crippen LogP contribution in [0.5, 0.6) is 5.75 Å². The quantitative estimate of drug-likeness (QED) is 0.866. The maximum absolute atomic E-state index is 11.5. The van der Waals surface area contributed by atoms with Gasteiger partial charge in [0.2, 0.25) is 5.43 Å². The Morgan fingerprint density at radius 3 is 2.56 bits per heavy atom. The van der Waals surface area contributed by atoms with E-state index in [4.69, 9.17) is 0 Å². The Morgan fingerprint density at radius 2 is 1.94 bits per heavy atom. The summed E-state index contributed by atoms with van der Waals surface area (Å²) < 4.78 is 1.83. The van der Waals surface area contributed by atoms with Crippen molar-refractivity contribution < 1.29 is 5.11 Å². The number of aromatic nitrogens is 1. The van der Waals surface area contributed by atoms with Crippen molar-refractivity contribution in [1.82, 2.24) is 9.47 Å². The summed E-state index contributed by atoms with van der Waals surface area (Å²) in [5.74, 6) is 1.24. The third kappa shape index (κ3) is 2.93. The number of aryl methyl sites for hydroxylation is 1. The van der Waals surface area contributed by atoms with Crippen LogP contribution in [0, 0.1) is 11.8 Å². The van der Waals surface area contributed by atoms with Crippen molar-refractivity contribution in [2.24, 2.45) is 18.9 Å². The summed E-state index contributed by atoms with van der Waals surface area (Å²) in [5.41, 5.74) is 0.667. The highest BCUT2D eigenvalue weighted by Gasteiger charge is 2.22. The van der Waals surface area contributed by atoms with Crippen molar-refractivity contribution in [2.45, 2.75) is 26.8 Å². The monoisotopic (exact) mass is 250 g/mol. The number of hydrogen-bond donors (Lipinski definition) is 1. The van der Waals surface area contributed by atoms with E-state index in [2.05, 4.69) is 18.7 Å². The Kier molecular flexibility index (Phi) is 3.76. The van der Waals surface area contributed by atoms with Crippen molar-refractivity contribution >= 4 is 0 Å². The summed E-state index contributed by atoms with van der Waals surface area (Å²) in [6.45, 7) is 7.50. The molecule has 0 bridgehead atoms. The van der Waals surface area contributed by atoms with Gasteiger partial charge in [0.05, 0.1) is 0 Å². The average molecular weight is 250 g/mol. The molecule has 2 heterocycles. The van der Waals surface area contributed by atoms with Gasteiger partial charge < -0.3 is 9.67 Å². The van der Waals surface area contributed by atoms with E-state index in [1.165, 1.54) is 12.6 Å². The maximum atomic E-state index is 11.5. The first-order valence-electron chi connectivity index (χ1n) is 6.56. The number of aromatic hydroxyl groups is 1. The molecule has 0 saturated carbocycles. The zero-order valence-corrected chi connectivity index (χ0v) is 11.4. The molecule has 4 heteroatoms. The molecule has 1 aliphatic rings. The molecule has 1 fully saturated rings. The van der Waals surface area contributed by atoms with Gasteiger partial charge in [-0.2, -0.15) is 0 Å². The van der Waals surface area contributed by atoms with Crippen LogP contribution in [-0.4, -0.2) is 27.7 Å². The Hall–Kier alpha value is -1.29. The molecule has 100 valence electrons. The molecule has 2 rings (SSSR count). The zero-order chi connectivity index (χ0) is 13.3. The summed E-state index contributed by atoms with van der Waals surface area (Å²) in [4.78, 5) is 13.9. The molecule has 4 nitrogen and oxygen atoms in total. The fourth-order valence-electron chi connectivity index (χ4n) is 2.96. The maximum Gasteiger partial charge on any atom is 0.223 e. The number of likely N-dealkylation sites (tertiary alicyclic amines) is 1. The van der Waals surface area contributed by atoms with Crippen molar-refractivity contribution in [3.05, 3.63) is 28.2 Å². The Balaban J connectivity index is 2.14. The lowest BCUT2D eigenvalue weighted by molar-refractivity contribution is 0.131. The Labute approximate surface area is 108 Å². The van der Waals surface area contributed by atoms with Crippen LogP contribution in [0.2, 0.25) is 0 Å². The number of hydrogen-bond acceptors (Lipinski definition) is 3. The Bertz CT molecular complexity index is 471. The Morgan fingerprint density at radius 1 is 1.33 bits per heavy atom. The highest BCUT2D eigenvalue weighted by Crippen LogP contribution is 2.22. The van der Waals surface area contributed by atoms with Crippen LogP contribution in [0.1, 0.15) is 26.0 Å². The van der Waals surface area contributed by atoms with Gasteiger partial charge in [-0.05, 0) is 18.3 Å². The minimum atomic E-state index is -0.291. The molecule has 0 aliphatic carbocycles. The lowest BCUT2D eigenvalue weighted by atomic mass is 9.92. The third-order valence-corrected chi connectivity index (χ3v) is 3.65. The fourth-order valence-corrected chi connectivity index (χ4v) is 2.96. The van der Waals surface area contributed by atoms with E-state index in [0.717, 1.165) is 25.3 Å². The molecule has 2 unspecified atom stereocenters. The SMILES string of the molecule is CC1CC(C)CN(Cc2cc(=O)c(O)cn2C)C1. The number of nitrogens with zero attached hydrogens (tertiary/aromatic N) is 2. The molecule has 1 aromatic heterocycles. The van der Waals surface area contributed by atoms with E-state index in [0.29, 0.717) is 11.8 Å². The van der Waals surface area contributed by atoms with Gasteiger partial charge in [0.1, 0.15) is 0 Å². The molecule has 1 aliphatic heterocycles. The predicted molar refractivity (Wildman–Crippen MR) is 71.6 cm³/mol. The summed E-state index contributed by atoms with van der Waals surface area (Å²) in [6.07, 6.45) is 2.78. The third-order valence-electron chi connectivity index (χ3n) is 3.65. The normalized spacial score (nSPS) is 25.3. The molecular weight excluding hydrogens is 228 g/mol. The largest absolute Gasteiger partial charge is 0.503 e. The molecule has 1 N–H and O–H groups in total. The second-order valence-electron chi connectivity index (χ2n) is 5.77. The van der Waals surface area contributed by atoms with E-state index >= 15 is 0 Å². The van der Waals surface area contributed by atoms with Gasteiger partial charge in [0, 0.05) is 44.6 Å². The minimum Gasteiger partial charge on any atom is -0.503 e. The number of piperidine rings is 1. The average Bonchev–Trinajstić information content (AvgIpc) is 2.24. The standard InChI is InChI=1S/C14H22N2O2/c1-10-4-11(2)7-16(6-10)8-12-5-13(17)14(18)9-15(12)3/h5,9-11,18H,4,6-8H2,1-3H3. The molecule has 0 spiro atoms.